The molecule has 6 heteroatoms. The first-order valence-corrected chi connectivity index (χ1v) is 8.84. The summed E-state index contributed by atoms with van der Waals surface area (Å²) in [7, 11) is 0. The predicted molar refractivity (Wildman–Crippen MR) is 92.2 cm³/mol. The Balaban J connectivity index is 2.26. The molecule has 1 aromatic carbocycles. The van der Waals surface area contributed by atoms with Crippen molar-refractivity contribution in [3.05, 3.63) is 31.8 Å². The van der Waals surface area contributed by atoms with E-state index >= 15 is 0 Å². The lowest BCUT2D eigenvalue weighted by molar-refractivity contribution is -0.149. The number of hydrogen-bond donors (Lipinski definition) is 0. The van der Waals surface area contributed by atoms with Crippen LogP contribution in [0.3, 0.4) is 0 Å². The second-order valence-corrected chi connectivity index (χ2v) is 6.99. The molecule has 4 nitrogen and oxygen atoms in total. The zero-order valence-electron chi connectivity index (χ0n) is 11.8. The van der Waals surface area contributed by atoms with Crippen LogP contribution in [0.2, 0.25) is 0 Å². The average Bonchev–Trinajstić information content (AvgIpc) is 2.49. The molecule has 0 spiro atoms. The first-order valence-electron chi connectivity index (χ1n) is 6.97. The van der Waals surface area contributed by atoms with Gasteiger partial charge >= 0.3 is 5.97 Å². The molecule has 1 unspecified atom stereocenters. The van der Waals surface area contributed by atoms with Gasteiger partial charge in [-0.2, -0.15) is 0 Å². The number of ether oxygens (including phenoxy) is 1. The van der Waals surface area contributed by atoms with E-state index in [1.54, 1.807) is 11.8 Å². The molecule has 0 saturated carbocycles. The minimum atomic E-state index is -0.462. The highest BCUT2D eigenvalue weighted by molar-refractivity contribution is 14.1. The number of benzene rings is 1. The lowest BCUT2D eigenvalue weighted by Crippen LogP contribution is -2.48. The van der Waals surface area contributed by atoms with Crippen LogP contribution >= 0.6 is 38.5 Å². The van der Waals surface area contributed by atoms with Crippen molar-refractivity contribution in [2.45, 2.75) is 32.2 Å². The number of carbonyl (C=O) groups excluding carboxylic acids is 2. The molecule has 1 atom stereocenters. The van der Waals surface area contributed by atoms with Crippen molar-refractivity contribution < 1.29 is 14.3 Å². The van der Waals surface area contributed by atoms with Crippen LogP contribution in [0.4, 0.5) is 0 Å². The molecule has 1 aliphatic rings. The first-order chi connectivity index (χ1) is 10.0. The summed E-state index contributed by atoms with van der Waals surface area (Å²) in [5.74, 6) is -0.412. The molecular formula is C15H17BrINO3. The number of nitrogens with zero attached hydrogens (tertiary/aromatic N) is 1. The molecule has 0 radical (unpaired) electrons. The minimum Gasteiger partial charge on any atom is -0.464 e. The summed E-state index contributed by atoms with van der Waals surface area (Å²) in [5, 5.41) is 0. The van der Waals surface area contributed by atoms with Crippen LogP contribution in [0.25, 0.3) is 0 Å². The molecule has 1 saturated heterocycles. The number of hydrogen-bond acceptors (Lipinski definition) is 3. The quantitative estimate of drug-likeness (QED) is 0.506. The number of piperidine rings is 1. The summed E-state index contributed by atoms with van der Waals surface area (Å²) in [6.45, 7) is 2.72. The lowest BCUT2D eigenvalue weighted by atomic mass is 10.0. The molecule has 0 aromatic heterocycles. The summed E-state index contributed by atoms with van der Waals surface area (Å²) in [4.78, 5) is 26.5. The van der Waals surface area contributed by atoms with Crippen molar-refractivity contribution in [1.82, 2.24) is 4.90 Å². The van der Waals surface area contributed by atoms with Crippen molar-refractivity contribution in [3.63, 3.8) is 0 Å². The van der Waals surface area contributed by atoms with E-state index in [0.717, 1.165) is 20.9 Å². The summed E-state index contributed by atoms with van der Waals surface area (Å²) >= 11 is 5.59. The van der Waals surface area contributed by atoms with Gasteiger partial charge in [-0.3, -0.25) is 4.79 Å². The smallest absolute Gasteiger partial charge is 0.328 e. The maximum Gasteiger partial charge on any atom is 0.328 e. The van der Waals surface area contributed by atoms with Crippen LogP contribution in [-0.4, -0.2) is 36.0 Å². The van der Waals surface area contributed by atoms with Gasteiger partial charge < -0.3 is 9.64 Å². The number of esters is 1. The molecule has 114 valence electrons. The Morgan fingerprint density at radius 1 is 1.43 bits per heavy atom. The van der Waals surface area contributed by atoms with E-state index in [0.29, 0.717) is 25.1 Å². The van der Waals surface area contributed by atoms with Crippen LogP contribution in [0.15, 0.2) is 22.7 Å². The van der Waals surface area contributed by atoms with Crippen molar-refractivity contribution in [2.75, 3.05) is 13.2 Å². The fourth-order valence-electron chi connectivity index (χ4n) is 2.47. The Hall–Kier alpha value is -0.630. The predicted octanol–water partition coefficient (Wildman–Crippen LogP) is 3.61. The Bertz CT molecular complexity index is 550. The number of likely N-dealkylation sites (tertiary alicyclic amines) is 1. The molecule has 1 heterocycles. The molecule has 1 fully saturated rings. The van der Waals surface area contributed by atoms with Gasteiger partial charge in [0.05, 0.1) is 12.2 Å². The van der Waals surface area contributed by atoms with Crippen molar-refractivity contribution in [3.8, 4) is 0 Å². The Morgan fingerprint density at radius 2 is 2.19 bits per heavy atom. The summed E-state index contributed by atoms with van der Waals surface area (Å²) in [5.41, 5.74) is 0.595. The fraction of sp³-hybridized carbons (Fsp3) is 0.467. The SMILES string of the molecule is CCOC(=O)C1CCCCN1C(=O)c1cc(I)ccc1Br. The Morgan fingerprint density at radius 3 is 2.90 bits per heavy atom. The van der Waals surface area contributed by atoms with Gasteiger partial charge in [0.15, 0.2) is 0 Å². The molecule has 2 rings (SSSR count). The number of carbonyl (C=O) groups is 2. The topological polar surface area (TPSA) is 46.6 Å². The maximum absolute atomic E-state index is 12.8. The van der Waals surface area contributed by atoms with Gasteiger partial charge in [-0.1, -0.05) is 0 Å². The molecule has 1 aromatic rings. The van der Waals surface area contributed by atoms with Gasteiger partial charge in [-0.25, -0.2) is 4.79 Å². The zero-order valence-corrected chi connectivity index (χ0v) is 15.5. The van der Waals surface area contributed by atoms with Gasteiger partial charge in [0, 0.05) is 14.6 Å². The Kier molecular flexibility index (Phi) is 6.04. The molecule has 21 heavy (non-hydrogen) atoms. The van der Waals surface area contributed by atoms with Gasteiger partial charge in [-0.15, -0.1) is 0 Å². The van der Waals surface area contributed by atoms with Crippen LogP contribution < -0.4 is 0 Å². The molecule has 1 amide bonds. The largest absolute Gasteiger partial charge is 0.464 e. The van der Waals surface area contributed by atoms with Crippen LogP contribution in [0, 0.1) is 3.57 Å². The normalized spacial score (nSPS) is 18.4. The van der Waals surface area contributed by atoms with Crippen molar-refractivity contribution >= 4 is 50.4 Å². The highest BCUT2D eigenvalue weighted by Gasteiger charge is 2.34. The summed E-state index contributed by atoms with van der Waals surface area (Å²) in [6, 6.07) is 5.17. The van der Waals surface area contributed by atoms with E-state index in [1.165, 1.54) is 0 Å². The maximum atomic E-state index is 12.8. The average molecular weight is 466 g/mol. The van der Waals surface area contributed by atoms with Crippen molar-refractivity contribution in [2.24, 2.45) is 0 Å². The van der Waals surface area contributed by atoms with Gasteiger partial charge in [-0.05, 0) is 82.9 Å². The summed E-state index contributed by atoms with van der Waals surface area (Å²) in [6.07, 6.45) is 2.54. The van der Waals surface area contributed by atoms with Crippen LogP contribution in [0.5, 0.6) is 0 Å². The third-order valence-corrected chi connectivity index (χ3v) is 4.84. The van der Waals surface area contributed by atoms with Crippen LogP contribution in [-0.2, 0) is 9.53 Å². The second-order valence-electron chi connectivity index (χ2n) is 4.89. The lowest BCUT2D eigenvalue weighted by Gasteiger charge is -2.34. The number of halogens is 2. The van der Waals surface area contributed by atoms with Crippen molar-refractivity contribution in [1.29, 1.82) is 0 Å². The van der Waals surface area contributed by atoms with E-state index in [4.69, 9.17) is 4.74 Å². The molecular weight excluding hydrogens is 449 g/mol. The molecule has 0 bridgehead atoms. The van der Waals surface area contributed by atoms with E-state index in [2.05, 4.69) is 38.5 Å². The number of amides is 1. The standard InChI is InChI=1S/C15H17BrINO3/c1-2-21-15(20)13-5-3-4-8-18(13)14(19)11-9-10(17)6-7-12(11)16/h6-7,9,13H,2-5,8H2,1H3. The monoisotopic (exact) mass is 465 g/mol. The highest BCUT2D eigenvalue weighted by atomic mass is 127. The van der Waals surface area contributed by atoms with E-state index in [1.807, 2.05) is 18.2 Å². The summed E-state index contributed by atoms with van der Waals surface area (Å²) < 4.78 is 6.85. The van der Waals surface area contributed by atoms with E-state index in [9.17, 15) is 9.59 Å². The second kappa shape index (κ2) is 7.58. The minimum absolute atomic E-state index is 0.113. The van der Waals surface area contributed by atoms with E-state index < -0.39 is 6.04 Å². The third-order valence-electron chi connectivity index (χ3n) is 3.48. The molecule has 0 aliphatic carbocycles. The molecule has 1 aliphatic heterocycles. The van der Waals surface area contributed by atoms with E-state index in [-0.39, 0.29) is 11.9 Å². The zero-order chi connectivity index (χ0) is 15.4. The van der Waals surface area contributed by atoms with Gasteiger partial charge in [0.25, 0.3) is 5.91 Å². The van der Waals surface area contributed by atoms with Crippen LogP contribution in [0.1, 0.15) is 36.5 Å². The molecule has 0 N–H and O–H groups in total. The van der Waals surface area contributed by atoms with Gasteiger partial charge in [0.2, 0.25) is 0 Å². The Labute approximate surface area is 146 Å². The first kappa shape index (κ1) is 16.7. The highest BCUT2D eigenvalue weighted by Crippen LogP contribution is 2.25. The number of rotatable bonds is 3. The third kappa shape index (κ3) is 3.97. The van der Waals surface area contributed by atoms with Gasteiger partial charge in [0.1, 0.15) is 6.04 Å². The fourth-order valence-corrected chi connectivity index (χ4v) is 3.38.